The van der Waals surface area contributed by atoms with Crippen molar-refractivity contribution in [3.05, 3.63) is 0 Å². The highest BCUT2D eigenvalue weighted by Crippen LogP contribution is 2.10. The van der Waals surface area contributed by atoms with Crippen LogP contribution in [0.3, 0.4) is 0 Å². The molecular formula is C29H50N10O12S. The number of amides is 6. The van der Waals surface area contributed by atoms with Gasteiger partial charge in [0.05, 0.1) is 12.5 Å². The first kappa shape index (κ1) is 46.8. The molecule has 0 radical (unpaired) electrons. The molecule has 0 aromatic carbocycles. The molecule has 6 atom stereocenters. The Morgan fingerprint density at radius 3 is 1.40 bits per heavy atom. The summed E-state index contributed by atoms with van der Waals surface area (Å²) in [7, 11) is 0. The normalized spacial score (nSPS) is 14.2. The molecule has 0 aromatic rings. The van der Waals surface area contributed by atoms with Gasteiger partial charge in [0.25, 0.3) is 0 Å². The molecule has 294 valence electrons. The molecule has 0 aromatic heterocycles. The van der Waals surface area contributed by atoms with E-state index in [2.05, 4.69) is 44.2 Å². The minimum Gasteiger partial charge on any atom is -0.481 e. The van der Waals surface area contributed by atoms with Crippen molar-refractivity contribution in [3.8, 4) is 0 Å². The van der Waals surface area contributed by atoms with E-state index in [1.807, 2.05) is 0 Å². The molecule has 0 fully saturated rings. The number of aliphatic carboxylic acids is 3. The Morgan fingerprint density at radius 1 is 0.635 bits per heavy atom. The summed E-state index contributed by atoms with van der Waals surface area (Å²) in [5, 5.41) is 39.4. The van der Waals surface area contributed by atoms with Crippen LogP contribution in [0, 0.1) is 5.92 Å². The number of nitrogens with zero attached hydrogens (tertiary/aromatic N) is 1. The zero-order valence-corrected chi connectivity index (χ0v) is 29.7. The Kier molecular flexibility index (Phi) is 21.7. The SMILES string of the molecule is CC(C)C[C@H](NC(=O)[C@@H](N)CC(N)=O)C(=O)N[C@@H](CCC(=O)O)C(=O)N[C@@H](CCCN=C(N)N)C(=O)N[C@@H](CCC(=O)O)C(=O)N[C@@H](CS)C(=O)O. The molecule has 0 rings (SSSR count). The van der Waals surface area contributed by atoms with Crippen LogP contribution in [0.4, 0.5) is 0 Å². The first-order valence-electron chi connectivity index (χ1n) is 16.1. The van der Waals surface area contributed by atoms with Crippen molar-refractivity contribution in [3.63, 3.8) is 0 Å². The van der Waals surface area contributed by atoms with Crippen LogP contribution in [-0.4, -0.2) is 123 Å². The van der Waals surface area contributed by atoms with Crippen molar-refractivity contribution in [1.29, 1.82) is 0 Å². The fraction of sp³-hybridized carbons (Fsp3) is 0.655. The molecule has 0 aliphatic carbocycles. The summed E-state index contributed by atoms with van der Waals surface area (Å²) < 4.78 is 0. The van der Waals surface area contributed by atoms with Crippen molar-refractivity contribution in [2.45, 2.75) is 101 Å². The maximum Gasteiger partial charge on any atom is 0.327 e. The lowest BCUT2D eigenvalue weighted by Gasteiger charge is -2.27. The smallest absolute Gasteiger partial charge is 0.327 e. The Hall–Kier alpha value is -5.19. The van der Waals surface area contributed by atoms with E-state index in [4.69, 9.17) is 28.0 Å². The van der Waals surface area contributed by atoms with Gasteiger partial charge in [-0.15, -0.1) is 0 Å². The molecule has 0 aliphatic heterocycles. The average molecular weight is 763 g/mol. The number of nitrogens with two attached hydrogens (primary N) is 4. The molecule has 0 spiro atoms. The van der Waals surface area contributed by atoms with E-state index in [9.17, 15) is 53.4 Å². The topological polar surface area (TPSA) is 391 Å². The van der Waals surface area contributed by atoms with Crippen LogP contribution < -0.4 is 49.5 Å². The maximum atomic E-state index is 13.6. The average Bonchev–Trinajstić information content (AvgIpc) is 3.03. The molecule has 0 unspecified atom stereocenters. The molecule has 0 saturated carbocycles. The first-order valence-corrected chi connectivity index (χ1v) is 16.7. The number of nitrogens with one attached hydrogen (secondary N) is 5. The number of carbonyl (C=O) groups is 9. The van der Waals surface area contributed by atoms with E-state index in [1.165, 1.54) is 0 Å². The summed E-state index contributed by atoms with van der Waals surface area (Å²) in [6, 6.07) is -8.88. The molecular weight excluding hydrogens is 712 g/mol. The Balaban J connectivity index is 6.41. The van der Waals surface area contributed by atoms with Crippen molar-refractivity contribution in [2.75, 3.05) is 12.3 Å². The molecule has 0 aliphatic rings. The van der Waals surface area contributed by atoms with E-state index in [-0.39, 0.29) is 43.4 Å². The number of primary amides is 1. The summed E-state index contributed by atoms with van der Waals surface area (Å²) in [5.74, 6) is -10.8. The molecule has 6 amide bonds. The van der Waals surface area contributed by atoms with Crippen LogP contribution >= 0.6 is 12.6 Å². The summed E-state index contributed by atoms with van der Waals surface area (Å²) in [5.41, 5.74) is 21.5. The van der Waals surface area contributed by atoms with Crippen LogP contribution in [-0.2, 0) is 43.2 Å². The van der Waals surface area contributed by atoms with E-state index < -0.39 is 122 Å². The predicted octanol–water partition coefficient (Wildman–Crippen LogP) is -4.54. The molecule has 16 N–H and O–H groups in total. The van der Waals surface area contributed by atoms with Crippen LogP contribution in [0.15, 0.2) is 4.99 Å². The standard InChI is InChI=1S/C29H50N10O12S/c1-13(2)10-18(38-23(45)14(30)11-20(31)40)27(49)37-16(5-7-21(41)42)25(47)35-15(4-3-9-34-29(32)33)24(46)36-17(6-8-22(43)44)26(48)39-19(12-52)28(50)51/h13-19,52H,3-12,30H2,1-2H3,(H2,31,40)(H,35,47)(H,36,46)(H,37,49)(H,38,45)(H,39,48)(H,41,42)(H,43,44)(H,50,51)(H4,32,33,34)/t14-,15-,16-,17-,18-,19-/m0/s1. The van der Waals surface area contributed by atoms with Gasteiger partial charge in [0.15, 0.2) is 5.96 Å². The molecule has 23 heteroatoms. The van der Waals surface area contributed by atoms with Crippen molar-refractivity contribution < 1.29 is 58.5 Å². The number of thiol groups is 1. The lowest BCUT2D eigenvalue weighted by atomic mass is 10.0. The van der Waals surface area contributed by atoms with E-state index in [0.717, 1.165) is 0 Å². The summed E-state index contributed by atoms with van der Waals surface area (Å²) >= 11 is 3.86. The van der Waals surface area contributed by atoms with Crippen molar-refractivity contribution in [1.82, 2.24) is 26.6 Å². The van der Waals surface area contributed by atoms with Gasteiger partial charge in [0, 0.05) is 25.1 Å². The molecule has 0 saturated heterocycles. The van der Waals surface area contributed by atoms with Gasteiger partial charge in [-0.25, -0.2) is 4.79 Å². The number of guanidine groups is 1. The number of aliphatic imine (C=N–C) groups is 1. The number of rotatable bonds is 26. The van der Waals surface area contributed by atoms with Gasteiger partial charge in [0.2, 0.25) is 35.4 Å². The second-order valence-corrected chi connectivity index (χ2v) is 12.4. The van der Waals surface area contributed by atoms with E-state index in [0.29, 0.717) is 0 Å². The zero-order valence-electron chi connectivity index (χ0n) is 28.8. The minimum atomic E-state index is -1.60. The number of hydrogen-bond acceptors (Lipinski definition) is 12. The summed E-state index contributed by atoms with van der Waals surface area (Å²) in [6.07, 6.45) is -2.85. The molecule has 52 heavy (non-hydrogen) atoms. The van der Waals surface area contributed by atoms with Crippen LogP contribution in [0.1, 0.15) is 65.2 Å². The van der Waals surface area contributed by atoms with Gasteiger partial charge in [-0.1, -0.05) is 13.8 Å². The predicted molar refractivity (Wildman–Crippen MR) is 186 cm³/mol. The van der Waals surface area contributed by atoms with Crippen molar-refractivity contribution >= 4 is 71.9 Å². The minimum absolute atomic E-state index is 0.0270. The summed E-state index contributed by atoms with van der Waals surface area (Å²) in [6.45, 7) is 3.42. The van der Waals surface area contributed by atoms with Gasteiger partial charge in [-0.05, 0) is 38.0 Å². The maximum absolute atomic E-state index is 13.6. The molecule has 0 heterocycles. The van der Waals surface area contributed by atoms with Gasteiger partial charge in [-0.2, -0.15) is 12.6 Å². The van der Waals surface area contributed by atoms with E-state index in [1.54, 1.807) is 13.8 Å². The number of carboxylic acids is 3. The summed E-state index contributed by atoms with van der Waals surface area (Å²) in [4.78, 5) is 115. The lowest BCUT2D eigenvalue weighted by Crippen LogP contribution is -2.59. The van der Waals surface area contributed by atoms with Crippen LogP contribution in [0.25, 0.3) is 0 Å². The number of carbonyl (C=O) groups excluding carboxylic acids is 6. The molecule has 0 bridgehead atoms. The Labute approximate surface area is 304 Å². The first-order chi connectivity index (χ1) is 24.2. The van der Waals surface area contributed by atoms with Gasteiger partial charge >= 0.3 is 17.9 Å². The van der Waals surface area contributed by atoms with E-state index >= 15 is 0 Å². The number of hydrogen-bond donors (Lipinski definition) is 13. The quantitative estimate of drug-likeness (QED) is 0.0171. The third-order valence-electron chi connectivity index (χ3n) is 7.03. The van der Waals surface area contributed by atoms with Gasteiger partial charge < -0.3 is 64.8 Å². The van der Waals surface area contributed by atoms with Gasteiger partial charge in [0.1, 0.15) is 30.2 Å². The fourth-order valence-corrected chi connectivity index (χ4v) is 4.66. The van der Waals surface area contributed by atoms with Crippen LogP contribution in [0.5, 0.6) is 0 Å². The molecule has 22 nitrogen and oxygen atoms in total. The highest BCUT2D eigenvalue weighted by atomic mass is 32.1. The monoisotopic (exact) mass is 762 g/mol. The Morgan fingerprint density at radius 2 is 1.04 bits per heavy atom. The second kappa shape index (κ2) is 24.1. The fourth-order valence-electron chi connectivity index (χ4n) is 4.41. The largest absolute Gasteiger partial charge is 0.481 e. The zero-order chi connectivity index (χ0) is 40.1. The highest BCUT2D eigenvalue weighted by molar-refractivity contribution is 7.80. The number of carboxylic acid groups (broad SMARTS) is 3. The van der Waals surface area contributed by atoms with Gasteiger partial charge in [-0.3, -0.25) is 43.3 Å². The van der Waals surface area contributed by atoms with Crippen molar-refractivity contribution in [2.24, 2.45) is 33.8 Å². The third-order valence-corrected chi connectivity index (χ3v) is 7.40. The lowest BCUT2D eigenvalue weighted by molar-refractivity contribution is -0.142. The highest BCUT2D eigenvalue weighted by Gasteiger charge is 2.33. The van der Waals surface area contributed by atoms with Crippen LogP contribution in [0.2, 0.25) is 0 Å². The second-order valence-electron chi connectivity index (χ2n) is 12.0. The Bertz CT molecular complexity index is 1330. The third kappa shape index (κ3) is 19.9.